The molecule has 7 nitrogen and oxygen atoms in total. The molecule has 0 atom stereocenters. The number of para-hydroxylation sites is 2. The van der Waals surface area contributed by atoms with Gasteiger partial charge in [0.1, 0.15) is 5.75 Å². The second kappa shape index (κ2) is 11.0. The van der Waals surface area contributed by atoms with Gasteiger partial charge in [0, 0.05) is 19.3 Å². The molecule has 0 heterocycles. The predicted octanol–water partition coefficient (Wildman–Crippen LogP) is 4.30. The van der Waals surface area contributed by atoms with Gasteiger partial charge in [-0.3, -0.25) is 9.59 Å². The van der Waals surface area contributed by atoms with E-state index in [1.54, 1.807) is 62.6 Å². The van der Waals surface area contributed by atoms with Gasteiger partial charge in [0.05, 0.1) is 19.8 Å². The molecule has 0 fully saturated rings. The third-order valence-corrected chi connectivity index (χ3v) is 5.19. The maximum atomic E-state index is 12.7. The molecule has 0 saturated carbocycles. The Morgan fingerprint density at radius 3 is 2.21 bits per heavy atom. The van der Waals surface area contributed by atoms with Crippen molar-refractivity contribution in [1.29, 1.82) is 0 Å². The van der Waals surface area contributed by atoms with Crippen molar-refractivity contribution in [3.05, 3.63) is 83.4 Å². The van der Waals surface area contributed by atoms with Crippen LogP contribution in [-0.4, -0.2) is 44.6 Å². The van der Waals surface area contributed by atoms with Crippen LogP contribution in [0.4, 0.5) is 5.69 Å². The Balaban J connectivity index is 1.65. The normalized spacial score (nSPS) is 10.3. The van der Waals surface area contributed by atoms with Crippen molar-refractivity contribution < 1.29 is 23.8 Å². The quantitative estimate of drug-likeness (QED) is 0.528. The zero-order valence-electron chi connectivity index (χ0n) is 19.3. The highest BCUT2D eigenvalue weighted by Gasteiger charge is 2.17. The summed E-state index contributed by atoms with van der Waals surface area (Å²) in [5, 5.41) is 2.83. The average Bonchev–Trinajstić information content (AvgIpc) is 2.84. The standard InChI is InChI=1S/C26H28N2O5/c1-18-14-23(31-3)24(32-4)15-19(18)16-28(2)25(29)17-33-22-13-9-8-12-21(22)26(30)27-20-10-6-5-7-11-20/h5-15H,16-17H2,1-4H3,(H,27,30). The highest BCUT2D eigenvalue weighted by molar-refractivity contribution is 6.06. The molecule has 7 heteroatoms. The van der Waals surface area contributed by atoms with Crippen molar-refractivity contribution in [3.63, 3.8) is 0 Å². The van der Waals surface area contributed by atoms with Gasteiger partial charge in [0.15, 0.2) is 18.1 Å². The van der Waals surface area contributed by atoms with Crippen LogP contribution in [0, 0.1) is 6.92 Å². The zero-order chi connectivity index (χ0) is 23.8. The van der Waals surface area contributed by atoms with Gasteiger partial charge in [-0.2, -0.15) is 0 Å². The molecule has 3 rings (SSSR count). The minimum atomic E-state index is -0.307. The molecule has 2 amide bonds. The lowest BCUT2D eigenvalue weighted by molar-refractivity contribution is -0.132. The Bertz CT molecular complexity index is 1110. The van der Waals surface area contributed by atoms with Crippen LogP contribution in [0.3, 0.4) is 0 Å². The fourth-order valence-corrected chi connectivity index (χ4v) is 3.29. The first-order valence-corrected chi connectivity index (χ1v) is 10.5. The molecule has 33 heavy (non-hydrogen) atoms. The first-order valence-electron chi connectivity index (χ1n) is 10.5. The first-order chi connectivity index (χ1) is 15.9. The van der Waals surface area contributed by atoms with Gasteiger partial charge in [0.2, 0.25) is 0 Å². The number of hydrogen-bond donors (Lipinski definition) is 1. The lowest BCUT2D eigenvalue weighted by Crippen LogP contribution is -2.31. The largest absolute Gasteiger partial charge is 0.493 e. The van der Waals surface area contributed by atoms with Crippen molar-refractivity contribution >= 4 is 17.5 Å². The number of amides is 2. The van der Waals surface area contributed by atoms with Gasteiger partial charge in [-0.05, 0) is 54.4 Å². The number of carbonyl (C=O) groups excluding carboxylic acids is 2. The Kier molecular flexibility index (Phi) is 7.91. The SMILES string of the molecule is COc1cc(C)c(CN(C)C(=O)COc2ccccc2C(=O)Nc2ccccc2)cc1OC. The monoisotopic (exact) mass is 448 g/mol. The highest BCUT2D eigenvalue weighted by atomic mass is 16.5. The number of methoxy groups -OCH3 is 2. The van der Waals surface area contributed by atoms with Crippen LogP contribution in [0.2, 0.25) is 0 Å². The van der Waals surface area contributed by atoms with Gasteiger partial charge in [-0.15, -0.1) is 0 Å². The van der Waals surface area contributed by atoms with Gasteiger partial charge >= 0.3 is 0 Å². The van der Waals surface area contributed by atoms with E-state index < -0.39 is 0 Å². The summed E-state index contributed by atoms with van der Waals surface area (Å²) >= 11 is 0. The molecule has 0 bridgehead atoms. The number of ether oxygens (including phenoxy) is 3. The molecule has 0 saturated heterocycles. The van der Waals surface area contributed by atoms with Gasteiger partial charge < -0.3 is 24.4 Å². The molecule has 0 radical (unpaired) electrons. The average molecular weight is 449 g/mol. The Hall–Kier alpha value is -4.00. The molecule has 0 aromatic heterocycles. The number of nitrogens with one attached hydrogen (secondary N) is 1. The molecule has 1 N–H and O–H groups in total. The van der Waals surface area contributed by atoms with E-state index in [-0.39, 0.29) is 18.4 Å². The molecule has 0 aliphatic carbocycles. The number of rotatable bonds is 9. The third-order valence-electron chi connectivity index (χ3n) is 5.19. The Labute approximate surface area is 193 Å². The number of hydrogen-bond acceptors (Lipinski definition) is 5. The fraction of sp³-hybridized carbons (Fsp3) is 0.231. The van der Waals surface area contributed by atoms with Gasteiger partial charge in [-0.1, -0.05) is 30.3 Å². The van der Waals surface area contributed by atoms with Crippen LogP contribution < -0.4 is 19.5 Å². The van der Waals surface area contributed by atoms with Crippen molar-refractivity contribution in [2.24, 2.45) is 0 Å². The van der Waals surface area contributed by atoms with Crippen LogP contribution in [0.1, 0.15) is 21.5 Å². The number of anilines is 1. The lowest BCUT2D eigenvalue weighted by Gasteiger charge is -2.20. The molecule has 172 valence electrons. The molecule has 3 aromatic carbocycles. The summed E-state index contributed by atoms with van der Waals surface area (Å²) in [5.41, 5.74) is 2.95. The summed E-state index contributed by atoms with van der Waals surface area (Å²) in [7, 11) is 4.86. The smallest absolute Gasteiger partial charge is 0.260 e. The maximum Gasteiger partial charge on any atom is 0.260 e. The van der Waals surface area contributed by atoms with Crippen LogP contribution in [0.25, 0.3) is 0 Å². The molecule has 0 aliphatic heterocycles. The molecule has 3 aromatic rings. The number of nitrogens with zero attached hydrogens (tertiary/aromatic N) is 1. The van der Waals surface area contributed by atoms with E-state index >= 15 is 0 Å². The van der Waals surface area contributed by atoms with Crippen molar-refractivity contribution in [2.45, 2.75) is 13.5 Å². The van der Waals surface area contributed by atoms with Crippen molar-refractivity contribution in [3.8, 4) is 17.2 Å². The summed E-state index contributed by atoms with van der Waals surface area (Å²) in [6.45, 7) is 2.14. The van der Waals surface area contributed by atoms with Crippen molar-refractivity contribution in [1.82, 2.24) is 4.90 Å². The van der Waals surface area contributed by atoms with E-state index in [2.05, 4.69) is 5.32 Å². The van der Waals surface area contributed by atoms with E-state index in [4.69, 9.17) is 14.2 Å². The molecule has 0 aliphatic rings. The van der Waals surface area contributed by atoms with E-state index in [1.807, 2.05) is 37.3 Å². The maximum absolute atomic E-state index is 12.7. The van der Waals surface area contributed by atoms with Crippen LogP contribution >= 0.6 is 0 Å². The molecular weight excluding hydrogens is 420 g/mol. The number of likely N-dealkylation sites (N-methyl/N-ethyl adjacent to an activating group) is 1. The van der Waals surface area contributed by atoms with E-state index in [9.17, 15) is 9.59 Å². The topological polar surface area (TPSA) is 77.1 Å². The summed E-state index contributed by atoms with van der Waals surface area (Å²) in [6, 6.07) is 19.7. The first kappa shape index (κ1) is 23.7. The van der Waals surface area contributed by atoms with Crippen molar-refractivity contribution in [2.75, 3.05) is 33.2 Å². The minimum Gasteiger partial charge on any atom is -0.493 e. The zero-order valence-corrected chi connectivity index (χ0v) is 19.3. The van der Waals surface area contributed by atoms with Crippen LogP contribution in [0.15, 0.2) is 66.7 Å². The van der Waals surface area contributed by atoms with Gasteiger partial charge in [-0.25, -0.2) is 0 Å². The minimum absolute atomic E-state index is 0.196. The number of carbonyl (C=O) groups is 2. The lowest BCUT2D eigenvalue weighted by atomic mass is 10.1. The van der Waals surface area contributed by atoms with E-state index in [0.717, 1.165) is 11.1 Å². The molecule has 0 spiro atoms. The molecular formula is C26H28N2O5. The summed E-state index contributed by atoms with van der Waals surface area (Å²) in [4.78, 5) is 27.0. The predicted molar refractivity (Wildman–Crippen MR) is 127 cm³/mol. The van der Waals surface area contributed by atoms with Gasteiger partial charge in [0.25, 0.3) is 11.8 Å². The Morgan fingerprint density at radius 1 is 0.879 bits per heavy atom. The third kappa shape index (κ3) is 6.04. The number of benzene rings is 3. The summed E-state index contributed by atoms with van der Waals surface area (Å²) < 4.78 is 16.4. The second-order valence-electron chi connectivity index (χ2n) is 7.49. The molecule has 0 unspecified atom stereocenters. The summed E-state index contributed by atoms with van der Waals surface area (Å²) in [5.74, 6) is 1.06. The van der Waals surface area contributed by atoms with Crippen LogP contribution in [-0.2, 0) is 11.3 Å². The second-order valence-corrected chi connectivity index (χ2v) is 7.49. The Morgan fingerprint density at radius 2 is 1.52 bits per heavy atom. The van der Waals surface area contributed by atoms with E-state index in [1.165, 1.54) is 0 Å². The number of aryl methyl sites for hydroxylation is 1. The summed E-state index contributed by atoms with van der Waals surface area (Å²) in [6.07, 6.45) is 0. The van der Waals surface area contributed by atoms with E-state index in [0.29, 0.717) is 35.0 Å². The van der Waals surface area contributed by atoms with Crippen LogP contribution in [0.5, 0.6) is 17.2 Å². The fourth-order valence-electron chi connectivity index (χ4n) is 3.29. The highest BCUT2D eigenvalue weighted by Crippen LogP contribution is 2.30.